The predicted octanol–water partition coefficient (Wildman–Crippen LogP) is 5.25. The normalized spacial score (nSPS) is 16.7. The van der Waals surface area contributed by atoms with Gasteiger partial charge in [-0.15, -0.1) is 0 Å². The van der Waals surface area contributed by atoms with Crippen LogP contribution in [0.15, 0.2) is 60.7 Å². The van der Waals surface area contributed by atoms with Crippen molar-refractivity contribution in [2.24, 2.45) is 0 Å². The first kappa shape index (κ1) is 23.9. The van der Waals surface area contributed by atoms with Gasteiger partial charge in [-0.05, 0) is 74.8 Å². The van der Waals surface area contributed by atoms with E-state index in [0.29, 0.717) is 37.5 Å². The summed E-state index contributed by atoms with van der Waals surface area (Å²) in [5.74, 6) is 0.231. The van der Waals surface area contributed by atoms with E-state index in [4.69, 9.17) is 4.74 Å². The van der Waals surface area contributed by atoms with Gasteiger partial charge in [-0.3, -0.25) is 19.8 Å². The molecule has 0 aromatic heterocycles. The Labute approximate surface area is 209 Å². The lowest BCUT2D eigenvalue weighted by Gasteiger charge is -2.40. The van der Waals surface area contributed by atoms with E-state index in [1.54, 1.807) is 36.3 Å². The lowest BCUT2D eigenvalue weighted by molar-refractivity contribution is -0.385. The topological polar surface area (TPSA) is 75.9 Å². The summed E-state index contributed by atoms with van der Waals surface area (Å²) in [7, 11) is 1.56. The third kappa shape index (κ3) is 4.33. The number of nitro groups is 1. The first-order chi connectivity index (χ1) is 17.3. The van der Waals surface area contributed by atoms with Crippen molar-refractivity contribution in [3.05, 3.63) is 98.8 Å². The molecule has 2 heterocycles. The molecule has 0 saturated carbocycles. The molecule has 0 radical (unpaired) electrons. The Balaban J connectivity index is 1.38. The molecular formula is C28H28FN3O4. The number of piperidine rings is 1. The van der Waals surface area contributed by atoms with Crippen molar-refractivity contribution in [2.45, 2.75) is 31.7 Å². The van der Waals surface area contributed by atoms with Crippen LogP contribution >= 0.6 is 0 Å². The van der Waals surface area contributed by atoms with E-state index >= 15 is 0 Å². The molecule has 7 nitrogen and oxygen atoms in total. The quantitative estimate of drug-likeness (QED) is 0.362. The monoisotopic (exact) mass is 489 g/mol. The van der Waals surface area contributed by atoms with Gasteiger partial charge in [-0.25, -0.2) is 4.39 Å². The maximum absolute atomic E-state index is 14.4. The highest BCUT2D eigenvalue weighted by molar-refractivity contribution is 6.07. The zero-order chi connectivity index (χ0) is 25.4. The van der Waals surface area contributed by atoms with Crippen LogP contribution in [0.3, 0.4) is 0 Å². The predicted molar refractivity (Wildman–Crippen MR) is 135 cm³/mol. The number of hydrogen-bond donors (Lipinski definition) is 0. The molecule has 3 aromatic carbocycles. The van der Waals surface area contributed by atoms with Crippen LogP contribution in [0, 0.1) is 22.9 Å². The van der Waals surface area contributed by atoms with Gasteiger partial charge in [0.25, 0.3) is 11.6 Å². The average molecular weight is 490 g/mol. The summed E-state index contributed by atoms with van der Waals surface area (Å²) in [5.41, 5.74) is 3.82. The number of fused-ring (bicyclic) bond motifs is 2. The van der Waals surface area contributed by atoms with Gasteiger partial charge in [-0.2, -0.15) is 0 Å². The fourth-order valence-corrected chi connectivity index (χ4v) is 5.48. The number of aryl methyl sites for hydroxylation is 1. The van der Waals surface area contributed by atoms with Gasteiger partial charge in [-0.1, -0.05) is 17.7 Å². The average Bonchev–Trinajstić information content (AvgIpc) is 3.18. The minimum atomic E-state index is -0.405. The van der Waals surface area contributed by atoms with Crippen molar-refractivity contribution >= 4 is 17.3 Å². The van der Waals surface area contributed by atoms with Gasteiger partial charge < -0.3 is 9.64 Å². The number of methoxy groups -OCH3 is 1. The molecule has 186 valence electrons. The van der Waals surface area contributed by atoms with Crippen LogP contribution < -0.4 is 9.64 Å². The number of halogens is 1. The molecule has 0 bridgehead atoms. The fraction of sp³-hybridized carbons (Fsp3) is 0.321. The Morgan fingerprint density at radius 3 is 2.47 bits per heavy atom. The molecular weight excluding hydrogens is 461 g/mol. The molecule has 3 aromatic rings. The van der Waals surface area contributed by atoms with Gasteiger partial charge >= 0.3 is 0 Å². The van der Waals surface area contributed by atoms with Crippen LogP contribution in [0.25, 0.3) is 0 Å². The number of hydrogen-bond acceptors (Lipinski definition) is 5. The Morgan fingerprint density at radius 1 is 1.08 bits per heavy atom. The number of benzene rings is 3. The first-order valence-corrected chi connectivity index (χ1v) is 12.0. The van der Waals surface area contributed by atoms with Crippen LogP contribution in [0.2, 0.25) is 0 Å². The van der Waals surface area contributed by atoms with Crippen molar-refractivity contribution in [2.75, 3.05) is 31.6 Å². The minimum absolute atomic E-state index is 0.0322. The number of nitro benzene ring substituents is 1. The second-order valence-electron chi connectivity index (χ2n) is 9.73. The maximum Gasteiger partial charge on any atom is 0.270 e. The minimum Gasteiger partial charge on any atom is -0.496 e. The smallest absolute Gasteiger partial charge is 0.270 e. The van der Waals surface area contributed by atoms with Gasteiger partial charge in [0.15, 0.2) is 0 Å². The summed E-state index contributed by atoms with van der Waals surface area (Å²) < 4.78 is 19.8. The van der Waals surface area contributed by atoms with E-state index < -0.39 is 4.92 Å². The van der Waals surface area contributed by atoms with Gasteiger partial charge in [0.05, 0.1) is 12.0 Å². The van der Waals surface area contributed by atoms with Gasteiger partial charge in [0.2, 0.25) is 0 Å². The lowest BCUT2D eigenvalue weighted by Crippen LogP contribution is -2.45. The van der Waals surface area contributed by atoms with E-state index in [1.165, 1.54) is 12.1 Å². The van der Waals surface area contributed by atoms with Crippen molar-refractivity contribution in [1.82, 2.24) is 4.90 Å². The highest BCUT2D eigenvalue weighted by Crippen LogP contribution is 2.48. The Morgan fingerprint density at radius 2 is 1.81 bits per heavy atom. The number of carbonyl (C=O) groups excluding carboxylic acids is 1. The fourth-order valence-electron chi connectivity index (χ4n) is 5.48. The Kier molecular flexibility index (Phi) is 6.22. The number of amides is 1. The van der Waals surface area contributed by atoms with E-state index in [1.807, 2.05) is 31.2 Å². The largest absolute Gasteiger partial charge is 0.496 e. The molecule has 0 N–H and O–H groups in total. The molecule has 0 unspecified atom stereocenters. The Bertz CT molecular complexity index is 1320. The second-order valence-corrected chi connectivity index (χ2v) is 9.73. The van der Waals surface area contributed by atoms with E-state index in [9.17, 15) is 19.3 Å². The van der Waals surface area contributed by atoms with Crippen LogP contribution in [-0.2, 0) is 12.0 Å². The Hall–Kier alpha value is -3.78. The maximum atomic E-state index is 14.4. The second kappa shape index (κ2) is 9.35. The summed E-state index contributed by atoms with van der Waals surface area (Å²) in [4.78, 5) is 28.3. The third-order valence-corrected chi connectivity index (χ3v) is 7.51. The number of anilines is 1. The van der Waals surface area contributed by atoms with Crippen LogP contribution in [0.5, 0.6) is 5.75 Å². The molecule has 2 aliphatic rings. The van der Waals surface area contributed by atoms with Crippen molar-refractivity contribution < 1.29 is 18.8 Å². The SMILES string of the molecule is COc1ccc([N+](=O)[O-])cc1CN1CCC2(CC1)CN(C(=O)c1ccc(C)cc1)c1ccc(F)cc12. The number of ether oxygens (including phenoxy) is 1. The molecule has 36 heavy (non-hydrogen) atoms. The molecule has 1 fully saturated rings. The van der Waals surface area contributed by atoms with Crippen LogP contribution in [-0.4, -0.2) is 42.5 Å². The summed E-state index contributed by atoms with van der Waals surface area (Å²) in [5, 5.41) is 11.3. The van der Waals surface area contributed by atoms with Crippen molar-refractivity contribution in [1.29, 1.82) is 0 Å². The van der Waals surface area contributed by atoms with Crippen molar-refractivity contribution in [3.63, 3.8) is 0 Å². The molecule has 0 atom stereocenters. The summed E-state index contributed by atoms with van der Waals surface area (Å²) >= 11 is 0. The molecule has 1 spiro atoms. The number of likely N-dealkylation sites (tertiary alicyclic amines) is 1. The zero-order valence-corrected chi connectivity index (χ0v) is 20.4. The lowest BCUT2D eigenvalue weighted by atomic mass is 9.74. The van der Waals surface area contributed by atoms with Crippen molar-refractivity contribution in [3.8, 4) is 5.75 Å². The number of carbonyl (C=O) groups is 1. The molecule has 5 rings (SSSR count). The first-order valence-electron chi connectivity index (χ1n) is 12.0. The van der Waals surface area contributed by atoms with E-state index in [0.717, 1.165) is 35.2 Å². The molecule has 0 aliphatic carbocycles. The van der Waals surface area contributed by atoms with Crippen LogP contribution in [0.4, 0.5) is 15.8 Å². The molecule has 8 heteroatoms. The highest BCUT2D eigenvalue weighted by Gasteiger charge is 2.46. The molecule has 1 saturated heterocycles. The highest BCUT2D eigenvalue weighted by atomic mass is 19.1. The molecule has 2 aliphatic heterocycles. The number of non-ortho nitro benzene ring substituents is 1. The number of rotatable bonds is 5. The standard InChI is InChI=1S/C28H28FN3O4/c1-19-3-5-20(6-4-19)27(33)31-18-28(24-16-22(29)7-9-25(24)31)11-13-30(14-12-28)17-21-15-23(32(34)35)8-10-26(21)36-2/h3-10,15-16H,11-14,17-18H2,1-2H3. The summed E-state index contributed by atoms with van der Waals surface area (Å²) in [6.07, 6.45) is 1.50. The zero-order valence-electron chi connectivity index (χ0n) is 20.4. The summed E-state index contributed by atoms with van der Waals surface area (Å²) in [6.45, 7) is 4.44. The van der Waals surface area contributed by atoms with Gasteiger partial charge in [0.1, 0.15) is 11.6 Å². The third-order valence-electron chi connectivity index (χ3n) is 7.51. The van der Waals surface area contributed by atoms with Gasteiger partial charge in [0, 0.05) is 47.5 Å². The molecule has 1 amide bonds. The summed E-state index contributed by atoms with van der Waals surface area (Å²) in [6, 6.07) is 16.9. The number of nitrogens with zero attached hydrogens (tertiary/aromatic N) is 3. The van der Waals surface area contributed by atoms with Crippen LogP contribution in [0.1, 0.15) is 39.9 Å². The van der Waals surface area contributed by atoms with E-state index in [-0.39, 0.29) is 22.8 Å². The van der Waals surface area contributed by atoms with E-state index in [2.05, 4.69) is 4.90 Å².